The molecule has 23 heteroatoms. The van der Waals surface area contributed by atoms with Crippen molar-refractivity contribution in [2.75, 3.05) is 13.7 Å². The van der Waals surface area contributed by atoms with Gasteiger partial charge in [0.25, 0.3) is 5.91 Å². The number of hydrogen-bond acceptors (Lipinski definition) is 12. The Balaban J connectivity index is 1.40. The minimum atomic E-state index is -5.11. The number of fused-ring (bicyclic) bond motifs is 3. The number of benzene rings is 1. The summed E-state index contributed by atoms with van der Waals surface area (Å²) in [6.45, 7) is 5.19. The molecule has 0 unspecified atom stereocenters. The van der Waals surface area contributed by atoms with Gasteiger partial charge in [0.05, 0.1) is 41.6 Å². The molecule has 1 aromatic heterocycles. The summed E-state index contributed by atoms with van der Waals surface area (Å²) in [5.74, 6) is -4.73. The van der Waals surface area contributed by atoms with Crippen LogP contribution in [-0.4, -0.2) is 113 Å². The summed E-state index contributed by atoms with van der Waals surface area (Å²) >= 11 is 0. The van der Waals surface area contributed by atoms with Crippen molar-refractivity contribution < 1.29 is 72.9 Å². The highest BCUT2D eigenvalue weighted by Crippen LogP contribution is 2.48. The molecule has 342 valence electrons. The van der Waals surface area contributed by atoms with Crippen LogP contribution in [0.1, 0.15) is 85.3 Å². The minimum absolute atomic E-state index is 0.0198. The lowest BCUT2D eigenvalue weighted by atomic mass is 10.0. The zero-order chi connectivity index (χ0) is 45.8. The summed E-state index contributed by atoms with van der Waals surface area (Å²) in [5, 5.41) is 4.78. The minimum Gasteiger partial charge on any atom is -0.497 e. The molecule has 0 radical (unpaired) electrons. The van der Waals surface area contributed by atoms with Gasteiger partial charge in [0, 0.05) is 18.4 Å². The molecule has 3 fully saturated rings. The lowest BCUT2D eigenvalue weighted by molar-refractivity contribution is -0.244. The van der Waals surface area contributed by atoms with Crippen molar-refractivity contribution in [1.29, 1.82) is 0 Å². The van der Waals surface area contributed by atoms with Crippen molar-refractivity contribution in [3.8, 4) is 11.6 Å². The van der Waals surface area contributed by atoms with Crippen LogP contribution in [-0.2, 0) is 40.1 Å². The summed E-state index contributed by atoms with van der Waals surface area (Å²) in [6.07, 6.45) is -11.3. The smallest absolute Gasteiger partial charge is 0.438 e. The number of rotatable bonds is 9. The monoisotopic (exact) mass is 906 g/mol. The van der Waals surface area contributed by atoms with E-state index in [2.05, 4.69) is 25.3 Å². The molecule has 0 bridgehead atoms. The third kappa shape index (κ3) is 9.52. The number of allylic oxidation sites excluding steroid dienone is 1. The van der Waals surface area contributed by atoms with Crippen LogP contribution >= 0.6 is 0 Å². The molecular formula is C39H48F6N6O10S. The van der Waals surface area contributed by atoms with Crippen molar-refractivity contribution in [1.82, 2.24) is 30.2 Å². The summed E-state index contributed by atoms with van der Waals surface area (Å²) in [6, 6.07) is 0.398. The molecule has 3 N–H and O–H groups in total. The van der Waals surface area contributed by atoms with Gasteiger partial charge in [-0.3, -0.25) is 19.1 Å². The summed E-state index contributed by atoms with van der Waals surface area (Å²) in [4.78, 5) is 65.0. The second-order valence-corrected chi connectivity index (χ2v) is 19.0. The van der Waals surface area contributed by atoms with Gasteiger partial charge in [0.15, 0.2) is 0 Å². The first-order valence-electron chi connectivity index (χ1n) is 19.9. The zero-order valence-corrected chi connectivity index (χ0v) is 35.4. The summed E-state index contributed by atoms with van der Waals surface area (Å²) < 4.78 is 134. The van der Waals surface area contributed by atoms with E-state index in [0.29, 0.717) is 39.5 Å². The second kappa shape index (κ2) is 16.6. The molecule has 62 heavy (non-hydrogen) atoms. The average Bonchev–Trinajstić information content (AvgIpc) is 4.06. The fourth-order valence-corrected chi connectivity index (χ4v) is 8.63. The number of aromatic nitrogens is 2. The summed E-state index contributed by atoms with van der Waals surface area (Å²) in [7, 11) is -2.88. The van der Waals surface area contributed by atoms with Gasteiger partial charge in [0.2, 0.25) is 39.0 Å². The Labute approximate surface area is 352 Å². The quantitative estimate of drug-likeness (QED) is 0.228. The standard InChI is InChI=1S/C39H48F6N6O10S/c1-7-27-28(48-34(55)61-35(3,4)39(43,44)45)32(53)51-19-23(60-31-29(38(40,41)42)46-24-13-12-22(58-6)16-25(24)47-31)17-26(51)30(52)49-37(18-21(37)11-9-8-10-20(2)59-27)33(54)50-62(56,57)36(5)14-15-36/h9,11-13,16,20-21,23,26-28H,7-8,10,14-15,17-19H2,1-6H3,(H,48,55)(H,49,52)(H,50,54)/b11-9-/t20-,21-,23-,26+,27+,28+,37-/m1/s1. The Morgan fingerprint density at radius 1 is 1.08 bits per heavy atom. The molecule has 2 saturated carbocycles. The van der Waals surface area contributed by atoms with Crippen molar-refractivity contribution in [3.63, 3.8) is 0 Å². The van der Waals surface area contributed by atoms with Crippen LogP contribution in [0.25, 0.3) is 11.0 Å². The number of nitrogens with one attached hydrogen (secondary N) is 3. The molecule has 6 rings (SSSR count). The van der Waals surface area contributed by atoms with Gasteiger partial charge < -0.3 is 34.5 Å². The van der Waals surface area contributed by atoms with Crippen LogP contribution in [0.15, 0.2) is 30.4 Å². The van der Waals surface area contributed by atoms with Crippen LogP contribution in [0.2, 0.25) is 0 Å². The third-order valence-corrected chi connectivity index (χ3v) is 13.9. The van der Waals surface area contributed by atoms with Crippen LogP contribution in [0.5, 0.6) is 11.6 Å². The summed E-state index contributed by atoms with van der Waals surface area (Å²) in [5.41, 5.74) is -6.63. The Morgan fingerprint density at radius 2 is 1.77 bits per heavy atom. The number of amides is 4. The van der Waals surface area contributed by atoms with Gasteiger partial charge >= 0.3 is 18.4 Å². The van der Waals surface area contributed by atoms with E-state index in [1.807, 2.05) is 0 Å². The van der Waals surface area contributed by atoms with E-state index in [4.69, 9.17) is 18.9 Å². The Hall–Kier alpha value is -4.93. The molecule has 2 aliphatic heterocycles. The number of sulfonamides is 1. The fourth-order valence-electron chi connectivity index (χ4n) is 7.32. The van der Waals surface area contributed by atoms with Gasteiger partial charge in [-0.1, -0.05) is 19.1 Å². The van der Waals surface area contributed by atoms with E-state index in [1.54, 1.807) is 26.0 Å². The molecule has 1 aromatic carbocycles. The number of ether oxygens (including phenoxy) is 4. The lowest BCUT2D eigenvalue weighted by Crippen LogP contribution is -2.61. The number of nitrogens with zero attached hydrogens (tertiary/aromatic N) is 3. The largest absolute Gasteiger partial charge is 0.497 e. The fraction of sp³-hybridized carbons (Fsp3) is 0.641. The molecule has 16 nitrogen and oxygen atoms in total. The topological polar surface area (TPSA) is 204 Å². The molecule has 2 aliphatic carbocycles. The van der Waals surface area contributed by atoms with Crippen LogP contribution in [0.4, 0.5) is 31.1 Å². The second-order valence-electron chi connectivity index (χ2n) is 16.8. The molecule has 3 heterocycles. The number of hydrogen-bond donors (Lipinski definition) is 3. The molecule has 4 amide bonds. The van der Waals surface area contributed by atoms with Gasteiger partial charge in [-0.25, -0.2) is 23.2 Å². The number of alkyl carbamates (subject to hydrolysis) is 1. The maximum Gasteiger partial charge on any atom is 0.438 e. The number of carbonyl (C=O) groups excluding carboxylic acids is 4. The Bertz CT molecular complexity index is 2240. The van der Waals surface area contributed by atoms with Crippen molar-refractivity contribution in [2.24, 2.45) is 5.92 Å². The third-order valence-electron chi connectivity index (χ3n) is 11.7. The predicted molar refractivity (Wildman–Crippen MR) is 206 cm³/mol. The van der Waals surface area contributed by atoms with Crippen LogP contribution < -0.4 is 24.8 Å². The van der Waals surface area contributed by atoms with Crippen molar-refractivity contribution in [2.45, 2.75) is 138 Å². The molecular weight excluding hydrogens is 859 g/mol. The van der Waals surface area contributed by atoms with E-state index in [9.17, 15) is 53.9 Å². The van der Waals surface area contributed by atoms with Crippen LogP contribution in [0.3, 0.4) is 0 Å². The molecule has 1 saturated heterocycles. The highest BCUT2D eigenvalue weighted by Gasteiger charge is 2.63. The maximum atomic E-state index is 14.8. The Morgan fingerprint density at radius 3 is 2.39 bits per heavy atom. The SMILES string of the molecule is CC[C@@H]1O[C@H](C)CC/C=C\[C@@H]2C[C@@]2(C(=O)NS(=O)(=O)C2(C)CC2)NC(=O)[C@@H]2C[C@@H](Oc3nc4cc(OC)ccc4nc3C(F)(F)F)CN2C(=O)[C@H]1NC(=O)OC(C)(C)C(F)(F)F. The number of methoxy groups -OCH3 is 1. The molecule has 2 aromatic rings. The van der Waals surface area contributed by atoms with Gasteiger partial charge in [0.1, 0.15) is 29.5 Å². The maximum absolute atomic E-state index is 14.8. The first kappa shape index (κ1) is 46.6. The number of alkyl halides is 6. The molecule has 4 aliphatic rings. The first-order chi connectivity index (χ1) is 28.7. The average molecular weight is 907 g/mol. The zero-order valence-electron chi connectivity index (χ0n) is 34.6. The number of carbonyl (C=O) groups is 4. The van der Waals surface area contributed by atoms with Crippen molar-refractivity contribution >= 4 is 44.9 Å². The van der Waals surface area contributed by atoms with E-state index >= 15 is 0 Å². The van der Waals surface area contributed by atoms with Crippen LogP contribution in [0, 0.1) is 5.92 Å². The van der Waals surface area contributed by atoms with Gasteiger partial charge in [-0.2, -0.15) is 26.3 Å². The molecule has 0 spiro atoms. The van der Waals surface area contributed by atoms with E-state index in [1.165, 1.54) is 32.2 Å². The van der Waals surface area contributed by atoms with Crippen molar-refractivity contribution in [3.05, 3.63) is 36.0 Å². The number of halogens is 6. The lowest BCUT2D eigenvalue weighted by Gasteiger charge is -2.35. The van der Waals surface area contributed by atoms with Gasteiger partial charge in [-0.05, 0) is 78.4 Å². The predicted octanol–water partition coefficient (Wildman–Crippen LogP) is 4.85. The van der Waals surface area contributed by atoms with E-state index < -0.39 is 123 Å². The normalized spacial score (nSPS) is 28.6. The molecule has 7 atom stereocenters. The first-order valence-corrected chi connectivity index (χ1v) is 21.4. The highest BCUT2D eigenvalue weighted by atomic mass is 32.2. The van der Waals surface area contributed by atoms with Gasteiger partial charge in [-0.15, -0.1) is 0 Å². The Kier molecular flexibility index (Phi) is 12.5. The highest BCUT2D eigenvalue weighted by molar-refractivity contribution is 7.91. The van der Waals surface area contributed by atoms with E-state index in [-0.39, 0.29) is 29.6 Å². The van der Waals surface area contributed by atoms with E-state index in [0.717, 1.165) is 4.90 Å².